The van der Waals surface area contributed by atoms with Crippen LogP contribution in [-0.2, 0) is 22.4 Å². The van der Waals surface area contributed by atoms with Gasteiger partial charge >= 0.3 is 11.7 Å². The summed E-state index contributed by atoms with van der Waals surface area (Å²) in [5.41, 5.74) is 1.97. The highest BCUT2D eigenvalue weighted by atomic mass is 35.5. The summed E-state index contributed by atoms with van der Waals surface area (Å²) in [6, 6.07) is 4.24. The SMILES string of the molecule is CCC(F)COC(=O)COc1ccc(-n2nc3c(c2Cl)CCCC3)cc1[N+](=O)[O-]. The van der Waals surface area contributed by atoms with Crippen LogP contribution in [0.1, 0.15) is 37.4 Å². The molecule has 0 aliphatic heterocycles. The number of nitro benzene ring substituents is 1. The topological polar surface area (TPSA) is 96.5 Å². The van der Waals surface area contributed by atoms with E-state index >= 15 is 0 Å². The van der Waals surface area contributed by atoms with Crippen LogP contribution in [0.3, 0.4) is 0 Å². The van der Waals surface area contributed by atoms with Gasteiger partial charge in [-0.05, 0) is 44.2 Å². The summed E-state index contributed by atoms with van der Waals surface area (Å²) in [4.78, 5) is 22.5. The lowest BCUT2D eigenvalue weighted by Gasteiger charge is -2.10. The molecular formula is C19H21ClFN3O5. The Bertz CT molecular complexity index is 917. The molecular weight excluding hydrogens is 405 g/mol. The first-order chi connectivity index (χ1) is 13.9. The van der Waals surface area contributed by atoms with Gasteiger partial charge < -0.3 is 9.47 Å². The first kappa shape index (κ1) is 21.0. The summed E-state index contributed by atoms with van der Waals surface area (Å²) < 4.78 is 24.6. The fourth-order valence-corrected chi connectivity index (χ4v) is 3.41. The number of hydrogen-bond acceptors (Lipinski definition) is 6. The molecule has 0 saturated heterocycles. The number of carbonyl (C=O) groups is 1. The van der Waals surface area contributed by atoms with Crippen LogP contribution in [0.2, 0.25) is 5.15 Å². The third kappa shape index (κ3) is 4.84. The molecule has 1 aromatic heterocycles. The molecule has 29 heavy (non-hydrogen) atoms. The summed E-state index contributed by atoms with van der Waals surface area (Å²) in [6.07, 6.45) is 2.69. The normalized spacial score (nSPS) is 14.2. The monoisotopic (exact) mass is 425 g/mol. The Morgan fingerprint density at radius 1 is 1.41 bits per heavy atom. The lowest BCUT2D eigenvalue weighted by molar-refractivity contribution is -0.385. The zero-order valence-electron chi connectivity index (χ0n) is 15.9. The fraction of sp³-hybridized carbons (Fsp3) is 0.474. The summed E-state index contributed by atoms with van der Waals surface area (Å²) in [5, 5.41) is 16.4. The first-order valence-electron chi connectivity index (χ1n) is 9.38. The molecule has 1 aliphatic carbocycles. The molecule has 0 saturated carbocycles. The van der Waals surface area contributed by atoms with Crippen LogP contribution in [0.25, 0.3) is 5.69 Å². The van der Waals surface area contributed by atoms with Gasteiger partial charge in [0.15, 0.2) is 12.4 Å². The second-order valence-electron chi connectivity index (χ2n) is 6.72. The zero-order valence-corrected chi connectivity index (χ0v) is 16.7. The number of carbonyl (C=O) groups excluding carboxylic acids is 1. The second-order valence-corrected chi connectivity index (χ2v) is 7.08. The summed E-state index contributed by atoms with van der Waals surface area (Å²) >= 11 is 6.43. The average molecular weight is 426 g/mol. The van der Waals surface area contributed by atoms with E-state index in [1.807, 2.05) is 0 Å². The van der Waals surface area contributed by atoms with Gasteiger partial charge in [0.2, 0.25) is 0 Å². The van der Waals surface area contributed by atoms with Crippen molar-refractivity contribution in [3.63, 3.8) is 0 Å². The predicted molar refractivity (Wildman–Crippen MR) is 104 cm³/mol. The maximum atomic E-state index is 13.1. The Balaban J connectivity index is 1.77. The van der Waals surface area contributed by atoms with E-state index in [0.717, 1.165) is 36.9 Å². The number of rotatable bonds is 8. The van der Waals surface area contributed by atoms with E-state index in [9.17, 15) is 19.3 Å². The predicted octanol–water partition coefficient (Wildman–Crippen LogP) is 3.98. The molecule has 0 spiro atoms. The highest BCUT2D eigenvalue weighted by molar-refractivity contribution is 6.30. The van der Waals surface area contributed by atoms with Gasteiger partial charge in [-0.2, -0.15) is 5.10 Å². The second kappa shape index (κ2) is 9.21. The molecule has 0 amide bonds. The van der Waals surface area contributed by atoms with Crippen molar-refractivity contribution in [2.75, 3.05) is 13.2 Å². The number of alkyl halides is 1. The minimum Gasteiger partial charge on any atom is -0.475 e. The van der Waals surface area contributed by atoms with Crippen molar-refractivity contribution < 1.29 is 23.6 Å². The highest BCUT2D eigenvalue weighted by Gasteiger charge is 2.23. The van der Waals surface area contributed by atoms with Crippen LogP contribution >= 0.6 is 11.6 Å². The Hall–Kier alpha value is -2.68. The zero-order chi connectivity index (χ0) is 21.0. The minimum atomic E-state index is -1.25. The van der Waals surface area contributed by atoms with Gasteiger partial charge in [0.1, 0.15) is 17.9 Å². The van der Waals surface area contributed by atoms with Crippen molar-refractivity contribution in [3.8, 4) is 11.4 Å². The smallest absolute Gasteiger partial charge is 0.344 e. The molecule has 1 aliphatic rings. The van der Waals surface area contributed by atoms with Crippen molar-refractivity contribution in [1.29, 1.82) is 0 Å². The molecule has 0 N–H and O–H groups in total. The Labute approximate surface area is 171 Å². The summed E-state index contributed by atoms with van der Waals surface area (Å²) in [5.74, 6) is -0.904. The van der Waals surface area contributed by atoms with E-state index in [4.69, 9.17) is 21.1 Å². The third-order valence-corrected chi connectivity index (χ3v) is 5.08. The quantitative estimate of drug-likeness (QED) is 0.360. The number of benzene rings is 1. The maximum Gasteiger partial charge on any atom is 0.344 e. The Kier molecular flexibility index (Phi) is 6.68. The highest BCUT2D eigenvalue weighted by Crippen LogP contribution is 2.33. The Morgan fingerprint density at radius 3 is 2.86 bits per heavy atom. The van der Waals surface area contributed by atoms with Crippen LogP contribution in [0.4, 0.5) is 10.1 Å². The van der Waals surface area contributed by atoms with Crippen molar-refractivity contribution >= 4 is 23.3 Å². The largest absolute Gasteiger partial charge is 0.475 e. The number of esters is 1. The van der Waals surface area contributed by atoms with E-state index in [-0.39, 0.29) is 24.5 Å². The molecule has 0 bridgehead atoms. The lowest BCUT2D eigenvalue weighted by atomic mass is 9.99. The van der Waals surface area contributed by atoms with E-state index in [0.29, 0.717) is 10.8 Å². The number of fused-ring (bicyclic) bond motifs is 1. The maximum absolute atomic E-state index is 13.1. The molecule has 10 heteroatoms. The summed E-state index contributed by atoms with van der Waals surface area (Å²) in [6.45, 7) is 0.692. The van der Waals surface area contributed by atoms with Gasteiger partial charge in [-0.25, -0.2) is 13.9 Å². The lowest BCUT2D eigenvalue weighted by Crippen LogP contribution is -2.20. The number of nitro groups is 1. The molecule has 3 rings (SSSR count). The van der Waals surface area contributed by atoms with E-state index in [2.05, 4.69) is 5.10 Å². The van der Waals surface area contributed by atoms with Crippen molar-refractivity contribution in [1.82, 2.24) is 9.78 Å². The molecule has 1 atom stereocenters. The minimum absolute atomic E-state index is 0.101. The number of ether oxygens (including phenoxy) is 2. The molecule has 2 aromatic rings. The van der Waals surface area contributed by atoms with Crippen molar-refractivity contribution in [2.45, 2.75) is 45.2 Å². The number of hydrogen-bond donors (Lipinski definition) is 0. The Morgan fingerprint density at radius 2 is 2.17 bits per heavy atom. The van der Waals surface area contributed by atoms with Gasteiger partial charge in [-0.1, -0.05) is 18.5 Å². The van der Waals surface area contributed by atoms with Crippen LogP contribution < -0.4 is 4.74 Å². The molecule has 0 fully saturated rings. The molecule has 8 nitrogen and oxygen atoms in total. The molecule has 1 heterocycles. The van der Waals surface area contributed by atoms with Gasteiger partial charge in [-0.15, -0.1) is 0 Å². The molecule has 156 valence electrons. The number of nitrogens with zero attached hydrogens (tertiary/aromatic N) is 3. The number of aryl methyl sites for hydroxylation is 1. The van der Waals surface area contributed by atoms with Crippen LogP contribution in [0, 0.1) is 10.1 Å². The standard InChI is InChI=1S/C19H21ClFN3O5/c1-2-12(21)10-29-18(25)11-28-17-8-7-13(9-16(17)24(26)27)23-19(20)14-5-3-4-6-15(14)22-23/h7-9,12H,2-6,10-11H2,1H3. The number of aromatic nitrogens is 2. The van der Waals surface area contributed by atoms with Gasteiger partial charge in [0.25, 0.3) is 0 Å². The average Bonchev–Trinajstić information content (AvgIpc) is 3.07. The van der Waals surface area contributed by atoms with Gasteiger partial charge in [-0.3, -0.25) is 10.1 Å². The molecule has 1 aromatic carbocycles. The van der Waals surface area contributed by atoms with Gasteiger partial charge in [0.05, 0.1) is 16.3 Å². The van der Waals surface area contributed by atoms with Crippen molar-refractivity contribution in [2.24, 2.45) is 0 Å². The van der Waals surface area contributed by atoms with Crippen molar-refractivity contribution in [3.05, 3.63) is 44.7 Å². The molecule has 1 unspecified atom stereocenters. The van der Waals surface area contributed by atoms with E-state index in [1.54, 1.807) is 13.0 Å². The third-order valence-electron chi connectivity index (χ3n) is 4.69. The first-order valence-corrected chi connectivity index (χ1v) is 9.76. The number of halogens is 2. The van der Waals surface area contributed by atoms with Crippen LogP contribution in [0.15, 0.2) is 18.2 Å². The van der Waals surface area contributed by atoms with Gasteiger partial charge in [0, 0.05) is 11.6 Å². The van der Waals surface area contributed by atoms with Crippen LogP contribution in [-0.4, -0.2) is 40.1 Å². The molecule has 0 radical (unpaired) electrons. The van der Waals surface area contributed by atoms with E-state index < -0.39 is 23.7 Å². The van der Waals surface area contributed by atoms with Crippen LogP contribution in [0.5, 0.6) is 5.75 Å². The summed E-state index contributed by atoms with van der Waals surface area (Å²) in [7, 11) is 0. The van der Waals surface area contributed by atoms with E-state index in [1.165, 1.54) is 16.8 Å². The fourth-order valence-electron chi connectivity index (χ4n) is 3.07.